The van der Waals surface area contributed by atoms with Gasteiger partial charge in [-0.15, -0.1) is 0 Å². The molecule has 4 heterocycles. The van der Waals surface area contributed by atoms with Crippen LogP contribution in [0, 0.1) is 6.92 Å². The summed E-state index contributed by atoms with van der Waals surface area (Å²) in [6.45, 7) is 6.77. The van der Waals surface area contributed by atoms with E-state index in [-0.39, 0.29) is 0 Å². The van der Waals surface area contributed by atoms with E-state index in [9.17, 15) is 0 Å². The number of hydrogen-bond acceptors (Lipinski definition) is 3. The lowest BCUT2D eigenvalue weighted by molar-refractivity contribution is 0.0805. The highest BCUT2D eigenvalue weighted by atomic mass is 15.2. The molecule has 2 aromatic heterocycles. The number of fused-ring (bicyclic) bond motifs is 1. The van der Waals surface area contributed by atoms with Crippen molar-refractivity contribution in [1.29, 1.82) is 0 Å². The van der Waals surface area contributed by atoms with E-state index < -0.39 is 0 Å². The first-order chi connectivity index (χ1) is 9.74. The van der Waals surface area contributed by atoms with E-state index in [0.29, 0.717) is 5.54 Å². The van der Waals surface area contributed by atoms with Crippen LogP contribution in [0.1, 0.15) is 30.5 Å². The summed E-state index contributed by atoms with van der Waals surface area (Å²) in [7, 11) is 0. The SMILES string of the molecule is Cc1ccc2ncc(CN3CCC4(CCN4)CC3)n2c1. The number of aryl methyl sites for hydroxylation is 1. The molecular formula is C16H22N4. The van der Waals surface area contributed by atoms with Crippen molar-refractivity contribution in [2.45, 2.75) is 38.3 Å². The van der Waals surface area contributed by atoms with Crippen LogP contribution in [0.25, 0.3) is 5.65 Å². The second-order valence-corrected chi connectivity index (χ2v) is 6.42. The molecule has 2 fully saturated rings. The van der Waals surface area contributed by atoms with Crippen LogP contribution in [0.3, 0.4) is 0 Å². The van der Waals surface area contributed by atoms with E-state index in [1.54, 1.807) is 0 Å². The van der Waals surface area contributed by atoms with E-state index in [2.05, 4.69) is 44.9 Å². The number of nitrogens with one attached hydrogen (secondary N) is 1. The first-order valence-electron chi connectivity index (χ1n) is 7.64. The van der Waals surface area contributed by atoms with Crippen molar-refractivity contribution >= 4 is 5.65 Å². The molecule has 0 amide bonds. The minimum atomic E-state index is 0.493. The van der Waals surface area contributed by atoms with Gasteiger partial charge in [-0.2, -0.15) is 0 Å². The van der Waals surface area contributed by atoms with Crippen LogP contribution < -0.4 is 5.32 Å². The first-order valence-corrected chi connectivity index (χ1v) is 7.64. The second-order valence-electron chi connectivity index (χ2n) is 6.42. The number of likely N-dealkylation sites (tertiary alicyclic amines) is 1. The number of piperidine rings is 1. The van der Waals surface area contributed by atoms with Crippen LogP contribution in [-0.4, -0.2) is 39.5 Å². The van der Waals surface area contributed by atoms with E-state index >= 15 is 0 Å². The van der Waals surface area contributed by atoms with E-state index in [1.165, 1.54) is 50.2 Å². The smallest absolute Gasteiger partial charge is 0.136 e. The quantitative estimate of drug-likeness (QED) is 0.905. The lowest BCUT2D eigenvalue weighted by Crippen LogP contribution is -2.61. The summed E-state index contributed by atoms with van der Waals surface area (Å²) in [5, 5.41) is 3.63. The fourth-order valence-corrected chi connectivity index (χ4v) is 3.53. The molecule has 2 aromatic rings. The van der Waals surface area contributed by atoms with Gasteiger partial charge < -0.3 is 9.72 Å². The molecule has 2 aliphatic rings. The molecule has 20 heavy (non-hydrogen) atoms. The molecule has 2 aliphatic heterocycles. The van der Waals surface area contributed by atoms with Crippen molar-refractivity contribution in [2.24, 2.45) is 0 Å². The molecule has 2 saturated heterocycles. The van der Waals surface area contributed by atoms with E-state index in [0.717, 1.165) is 12.2 Å². The Balaban J connectivity index is 1.49. The summed E-state index contributed by atoms with van der Waals surface area (Å²) in [5.41, 5.74) is 4.14. The molecule has 0 aliphatic carbocycles. The molecule has 0 atom stereocenters. The maximum Gasteiger partial charge on any atom is 0.136 e. The number of imidazole rings is 1. The molecule has 0 unspecified atom stereocenters. The predicted molar refractivity (Wildman–Crippen MR) is 79.8 cm³/mol. The monoisotopic (exact) mass is 270 g/mol. The molecule has 0 bridgehead atoms. The van der Waals surface area contributed by atoms with E-state index in [1.807, 2.05) is 6.20 Å². The first kappa shape index (κ1) is 12.4. The maximum absolute atomic E-state index is 4.51. The summed E-state index contributed by atoms with van der Waals surface area (Å²) in [6, 6.07) is 4.22. The molecular weight excluding hydrogens is 248 g/mol. The number of nitrogens with zero attached hydrogens (tertiary/aromatic N) is 3. The Hall–Kier alpha value is -1.39. The number of rotatable bonds is 2. The summed E-state index contributed by atoms with van der Waals surface area (Å²) >= 11 is 0. The van der Waals surface area contributed by atoms with Crippen molar-refractivity contribution in [3.05, 3.63) is 35.8 Å². The van der Waals surface area contributed by atoms with Gasteiger partial charge in [0.1, 0.15) is 5.65 Å². The van der Waals surface area contributed by atoms with Crippen molar-refractivity contribution in [2.75, 3.05) is 19.6 Å². The molecule has 4 rings (SSSR count). The standard InChI is InChI=1S/C16H22N4/c1-13-2-3-15-17-10-14(20(15)11-13)12-19-8-5-16(6-9-19)4-7-18-16/h2-3,10-11,18H,4-9,12H2,1H3. The fourth-order valence-electron chi connectivity index (χ4n) is 3.53. The van der Waals surface area contributed by atoms with E-state index in [4.69, 9.17) is 0 Å². The van der Waals surface area contributed by atoms with Gasteiger partial charge in [0.15, 0.2) is 0 Å². The average molecular weight is 270 g/mol. The zero-order chi connectivity index (χ0) is 13.6. The van der Waals surface area contributed by atoms with Crippen LogP contribution in [-0.2, 0) is 6.54 Å². The fraction of sp³-hybridized carbons (Fsp3) is 0.562. The normalized spacial score (nSPS) is 22.2. The van der Waals surface area contributed by atoms with Crippen LogP contribution in [0.15, 0.2) is 24.5 Å². The van der Waals surface area contributed by atoms with Gasteiger partial charge in [-0.25, -0.2) is 4.98 Å². The Morgan fingerprint density at radius 1 is 1.25 bits per heavy atom. The van der Waals surface area contributed by atoms with Crippen molar-refractivity contribution in [3.8, 4) is 0 Å². The lowest BCUT2D eigenvalue weighted by atomic mass is 9.79. The second kappa shape index (κ2) is 4.57. The summed E-state index contributed by atoms with van der Waals surface area (Å²) in [5.74, 6) is 0. The number of aromatic nitrogens is 2. The minimum Gasteiger partial charge on any atom is -0.311 e. The molecule has 4 nitrogen and oxygen atoms in total. The maximum atomic E-state index is 4.51. The third-order valence-corrected chi connectivity index (χ3v) is 5.03. The van der Waals surface area contributed by atoms with Crippen LogP contribution >= 0.6 is 0 Å². The number of hydrogen-bond donors (Lipinski definition) is 1. The zero-order valence-electron chi connectivity index (χ0n) is 12.1. The molecule has 4 heteroatoms. The van der Waals surface area contributed by atoms with Gasteiger partial charge in [0.05, 0.1) is 11.9 Å². The lowest BCUT2D eigenvalue weighted by Gasteiger charge is -2.48. The van der Waals surface area contributed by atoms with Gasteiger partial charge in [-0.3, -0.25) is 4.90 Å². The Morgan fingerprint density at radius 3 is 2.75 bits per heavy atom. The highest BCUT2D eigenvalue weighted by molar-refractivity contribution is 5.41. The summed E-state index contributed by atoms with van der Waals surface area (Å²) in [4.78, 5) is 7.07. The van der Waals surface area contributed by atoms with Gasteiger partial charge in [-0.05, 0) is 44.4 Å². The molecule has 1 spiro atoms. The Labute approximate surface area is 119 Å². The molecule has 0 radical (unpaired) electrons. The molecule has 0 saturated carbocycles. The third kappa shape index (κ3) is 2.03. The van der Waals surface area contributed by atoms with Gasteiger partial charge in [-0.1, -0.05) is 6.07 Å². The topological polar surface area (TPSA) is 32.6 Å². The van der Waals surface area contributed by atoms with Crippen molar-refractivity contribution < 1.29 is 0 Å². The van der Waals surface area contributed by atoms with Crippen LogP contribution in [0.4, 0.5) is 0 Å². The predicted octanol–water partition coefficient (Wildman–Crippen LogP) is 1.97. The van der Waals surface area contributed by atoms with Crippen LogP contribution in [0.2, 0.25) is 0 Å². The summed E-state index contributed by atoms with van der Waals surface area (Å²) < 4.78 is 2.24. The van der Waals surface area contributed by atoms with Gasteiger partial charge in [0, 0.05) is 31.4 Å². The van der Waals surface area contributed by atoms with Gasteiger partial charge in [0.2, 0.25) is 0 Å². The van der Waals surface area contributed by atoms with Gasteiger partial charge in [0.25, 0.3) is 0 Å². The Kier molecular flexibility index (Phi) is 2.82. The minimum absolute atomic E-state index is 0.493. The molecule has 1 N–H and O–H groups in total. The molecule has 0 aromatic carbocycles. The Morgan fingerprint density at radius 2 is 2.05 bits per heavy atom. The zero-order valence-corrected chi connectivity index (χ0v) is 12.1. The van der Waals surface area contributed by atoms with Crippen molar-refractivity contribution in [1.82, 2.24) is 19.6 Å². The molecule has 106 valence electrons. The van der Waals surface area contributed by atoms with Crippen molar-refractivity contribution in [3.63, 3.8) is 0 Å². The highest BCUT2D eigenvalue weighted by Gasteiger charge is 2.39. The van der Waals surface area contributed by atoms with Crippen LogP contribution in [0.5, 0.6) is 0 Å². The highest BCUT2D eigenvalue weighted by Crippen LogP contribution is 2.31. The van der Waals surface area contributed by atoms with Gasteiger partial charge >= 0.3 is 0 Å². The third-order valence-electron chi connectivity index (χ3n) is 5.03. The summed E-state index contributed by atoms with van der Waals surface area (Å²) in [6.07, 6.45) is 8.18. The average Bonchev–Trinajstić information content (AvgIpc) is 2.81. The Bertz CT molecular complexity index is 616. The number of pyridine rings is 1. The largest absolute Gasteiger partial charge is 0.311 e.